The molecule has 0 aliphatic carbocycles. The van der Waals surface area contributed by atoms with Crippen molar-refractivity contribution in [3.8, 4) is 0 Å². The number of alkyl halides is 3. The molecule has 4 heterocycles. The molecule has 1 aromatic carbocycles. The molecule has 14 heteroatoms. The Balaban J connectivity index is 0.00000189. The number of benzene rings is 1. The molecule has 0 saturated carbocycles. The predicted molar refractivity (Wildman–Crippen MR) is 151 cm³/mol. The maximum atomic E-state index is 13.4. The van der Waals surface area contributed by atoms with Crippen molar-refractivity contribution in [3.63, 3.8) is 0 Å². The van der Waals surface area contributed by atoms with E-state index in [1.807, 2.05) is 13.8 Å². The zero-order valence-electron chi connectivity index (χ0n) is 22.8. The van der Waals surface area contributed by atoms with E-state index in [1.165, 1.54) is 12.3 Å². The van der Waals surface area contributed by atoms with Gasteiger partial charge in [0.15, 0.2) is 0 Å². The normalized spacial score (nSPS) is 16.8. The number of aromatic nitrogens is 2. The van der Waals surface area contributed by atoms with Crippen LogP contribution in [0.1, 0.15) is 36.2 Å². The Morgan fingerprint density at radius 1 is 1.17 bits per heavy atom. The van der Waals surface area contributed by atoms with Crippen LogP contribution in [0.25, 0.3) is 0 Å². The Labute approximate surface area is 241 Å². The molecule has 2 aromatic rings. The van der Waals surface area contributed by atoms with Gasteiger partial charge in [-0.2, -0.15) is 13.2 Å². The maximum Gasteiger partial charge on any atom is 0.416 e. The molecule has 3 aliphatic rings. The topological polar surface area (TPSA) is 121 Å². The molecule has 0 radical (unpaired) electrons. The number of nitrogens with zero attached hydrogens (tertiary/aromatic N) is 5. The first-order chi connectivity index (χ1) is 19.7. The second-order valence-corrected chi connectivity index (χ2v) is 9.53. The van der Waals surface area contributed by atoms with E-state index >= 15 is 0 Å². The van der Waals surface area contributed by atoms with Crippen molar-refractivity contribution < 1.29 is 22.7 Å². The summed E-state index contributed by atoms with van der Waals surface area (Å²) >= 11 is 6.13. The minimum Gasteiger partial charge on any atom is -0.399 e. The molecule has 0 bridgehead atoms. The average Bonchev–Trinajstić information content (AvgIpc) is 3.22. The van der Waals surface area contributed by atoms with Crippen LogP contribution < -0.4 is 16.4 Å². The summed E-state index contributed by atoms with van der Waals surface area (Å²) in [7, 11) is 0. The van der Waals surface area contributed by atoms with Crippen LogP contribution in [0.4, 0.5) is 24.7 Å². The van der Waals surface area contributed by atoms with Gasteiger partial charge in [0.25, 0.3) is 5.91 Å². The maximum absolute atomic E-state index is 13.4. The first-order valence-electron chi connectivity index (χ1n) is 13.2. The number of rotatable bonds is 5. The molecular formula is C27H32ClF3N8O2. The van der Waals surface area contributed by atoms with Gasteiger partial charge in [0.05, 0.1) is 42.8 Å². The van der Waals surface area contributed by atoms with Gasteiger partial charge in [0, 0.05) is 56.3 Å². The van der Waals surface area contributed by atoms with Crippen LogP contribution in [0.2, 0.25) is 5.28 Å². The number of nitrogen functional groups attached to an aromatic ring is 1. The molecule has 1 saturated heterocycles. The average molecular weight is 593 g/mol. The Morgan fingerprint density at radius 3 is 2.66 bits per heavy atom. The van der Waals surface area contributed by atoms with E-state index < -0.39 is 11.7 Å². The monoisotopic (exact) mass is 592 g/mol. The standard InChI is InChI=1S/C25H26ClF3N8O2.C2H6/c26-24-34-20-1-2-37(23(38)16-11-31-13-21(32-12-16)36-3-5-39-6-4-36)14-19(20)22(35-24)33-10-15-7-17(25(27,28)29)9-18(30)8-15;1-2/h7-9,11-13,32H,1-6,10,14,30H2,(H,33,34,35);1-2H3. The largest absolute Gasteiger partial charge is 0.416 e. The number of nitrogens with two attached hydrogens (primary N) is 1. The Morgan fingerprint density at radius 2 is 1.93 bits per heavy atom. The number of hydrogen-bond donors (Lipinski definition) is 3. The number of amides is 1. The molecule has 0 spiro atoms. The predicted octanol–water partition coefficient (Wildman–Crippen LogP) is 3.94. The highest BCUT2D eigenvalue weighted by Gasteiger charge is 2.31. The summed E-state index contributed by atoms with van der Waals surface area (Å²) in [5.74, 6) is 0.891. The Bertz CT molecular complexity index is 1360. The minimum atomic E-state index is -4.52. The molecule has 0 atom stereocenters. The minimum absolute atomic E-state index is 0.000591. The quantitative estimate of drug-likeness (QED) is 0.353. The molecule has 1 amide bonds. The van der Waals surface area contributed by atoms with E-state index in [9.17, 15) is 18.0 Å². The van der Waals surface area contributed by atoms with Crippen LogP contribution in [0.3, 0.4) is 0 Å². The van der Waals surface area contributed by atoms with Gasteiger partial charge in [-0.15, -0.1) is 0 Å². The fraction of sp³-hybridized carbons (Fsp3) is 0.407. The van der Waals surface area contributed by atoms with Gasteiger partial charge in [0.1, 0.15) is 11.6 Å². The van der Waals surface area contributed by atoms with Crippen LogP contribution in [-0.2, 0) is 35.2 Å². The molecule has 10 nitrogen and oxygen atoms in total. The van der Waals surface area contributed by atoms with Crippen molar-refractivity contribution in [3.05, 3.63) is 69.7 Å². The van der Waals surface area contributed by atoms with Gasteiger partial charge >= 0.3 is 6.18 Å². The molecule has 1 aromatic heterocycles. The van der Waals surface area contributed by atoms with E-state index in [4.69, 9.17) is 22.1 Å². The van der Waals surface area contributed by atoms with E-state index in [-0.39, 0.29) is 30.0 Å². The Kier molecular flexibility index (Phi) is 9.71. The fourth-order valence-corrected chi connectivity index (χ4v) is 4.75. The highest BCUT2D eigenvalue weighted by molar-refractivity contribution is 6.28. The second kappa shape index (κ2) is 13.2. The number of hydrogen-bond acceptors (Lipinski definition) is 9. The summed E-state index contributed by atoms with van der Waals surface area (Å²) in [4.78, 5) is 30.0. The number of carbonyl (C=O) groups excluding carboxylic acids is 1. The van der Waals surface area contributed by atoms with Crippen molar-refractivity contribution >= 4 is 35.2 Å². The lowest BCUT2D eigenvalue weighted by atomic mass is 10.0. The van der Waals surface area contributed by atoms with Gasteiger partial charge in [-0.25, -0.2) is 9.97 Å². The lowest BCUT2D eigenvalue weighted by molar-refractivity contribution is -0.137. The lowest BCUT2D eigenvalue weighted by Crippen LogP contribution is -2.40. The SMILES string of the molecule is CC.Nc1cc(CNc2nc(Cl)nc3c2CN(C(=O)C2=CNC(N4CCOCC4)=CN=C2)CC3)cc(C(F)(F)F)c1. The molecule has 41 heavy (non-hydrogen) atoms. The van der Waals surface area contributed by atoms with Crippen LogP contribution in [0.5, 0.6) is 0 Å². The van der Waals surface area contributed by atoms with Gasteiger partial charge < -0.3 is 30.9 Å². The number of anilines is 2. The van der Waals surface area contributed by atoms with Crippen molar-refractivity contribution in [1.82, 2.24) is 25.1 Å². The van der Waals surface area contributed by atoms with E-state index in [1.54, 1.807) is 17.3 Å². The van der Waals surface area contributed by atoms with Gasteiger partial charge in [-0.3, -0.25) is 9.79 Å². The van der Waals surface area contributed by atoms with E-state index in [0.29, 0.717) is 54.4 Å². The molecule has 4 N–H and O–H groups in total. The number of carbonyl (C=O) groups is 1. The molecule has 3 aliphatic heterocycles. The third-order valence-corrected chi connectivity index (χ3v) is 6.68. The first kappa shape index (κ1) is 30.1. The second-order valence-electron chi connectivity index (χ2n) is 9.19. The summed E-state index contributed by atoms with van der Waals surface area (Å²) in [6.45, 7) is 7.29. The highest BCUT2D eigenvalue weighted by atomic mass is 35.5. The van der Waals surface area contributed by atoms with Crippen molar-refractivity contribution in [2.45, 2.75) is 39.5 Å². The number of nitrogens with one attached hydrogen (secondary N) is 2. The number of morpholine rings is 1. The smallest absolute Gasteiger partial charge is 0.399 e. The molecule has 220 valence electrons. The number of halogens is 4. The van der Waals surface area contributed by atoms with E-state index in [2.05, 4.69) is 30.5 Å². The first-order valence-corrected chi connectivity index (χ1v) is 13.6. The fourth-order valence-electron chi connectivity index (χ4n) is 4.56. The lowest BCUT2D eigenvalue weighted by Gasteiger charge is -2.30. The highest BCUT2D eigenvalue weighted by Crippen LogP contribution is 2.32. The van der Waals surface area contributed by atoms with Crippen molar-refractivity contribution in [2.75, 3.05) is 43.9 Å². The van der Waals surface area contributed by atoms with E-state index in [0.717, 1.165) is 31.0 Å². The van der Waals surface area contributed by atoms with Crippen LogP contribution in [0.15, 0.2) is 47.0 Å². The Hall–Kier alpha value is -3.84. The van der Waals surface area contributed by atoms with Gasteiger partial charge in [-0.05, 0) is 35.4 Å². The summed E-state index contributed by atoms with van der Waals surface area (Å²) in [6.07, 6.45) is 0.723. The third kappa shape index (κ3) is 7.47. The zero-order chi connectivity index (χ0) is 29.6. The van der Waals surface area contributed by atoms with Crippen molar-refractivity contribution in [1.29, 1.82) is 0 Å². The molecule has 0 unspecified atom stereocenters. The summed E-state index contributed by atoms with van der Waals surface area (Å²) in [5, 5.41) is 6.23. The van der Waals surface area contributed by atoms with Crippen LogP contribution in [0, 0.1) is 0 Å². The number of fused-ring (bicyclic) bond motifs is 1. The molecule has 5 rings (SSSR count). The summed E-state index contributed by atoms with van der Waals surface area (Å²) in [6, 6.07) is 3.37. The van der Waals surface area contributed by atoms with Crippen molar-refractivity contribution in [2.24, 2.45) is 4.99 Å². The summed E-state index contributed by atoms with van der Waals surface area (Å²) < 4.78 is 45.1. The van der Waals surface area contributed by atoms with Gasteiger partial charge in [0.2, 0.25) is 5.28 Å². The zero-order valence-corrected chi connectivity index (χ0v) is 23.5. The van der Waals surface area contributed by atoms with Crippen LogP contribution in [-0.4, -0.2) is 64.7 Å². The third-order valence-electron chi connectivity index (χ3n) is 6.51. The van der Waals surface area contributed by atoms with Crippen LogP contribution >= 0.6 is 11.6 Å². The van der Waals surface area contributed by atoms with Gasteiger partial charge in [-0.1, -0.05) is 13.8 Å². The number of aliphatic imine (C=N–C) groups is 1. The number of ether oxygens (including phenoxy) is 1. The molecular weight excluding hydrogens is 561 g/mol. The molecule has 1 fully saturated rings. The summed E-state index contributed by atoms with van der Waals surface area (Å²) in [5.41, 5.74) is 6.87.